The molecule has 0 aromatic carbocycles. The zero-order valence-electron chi connectivity index (χ0n) is 8.76. The second-order valence-corrected chi connectivity index (χ2v) is 3.40. The Morgan fingerprint density at radius 3 is 2.23 bits per heavy atom. The van der Waals surface area contributed by atoms with Crippen molar-refractivity contribution in [1.29, 1.82) is 0 Å². The van der Waals surface area contributed by atoms with Gasteiger partial charge in [0.25, 0.3) is 0 Å². The summed E-state index contributed by atoms with van der Waals surface area (Å²) < 4.78 is 0. The fourth-order valence-corrected chi connectivity index (χ4v) is 1.10. The van der Waals surface area contributed by atoms with Gasteiger partial charge >= 0.3 is 0 Å². The first-order valence-electron chi connectivity index (χ1n) is 4.44. The summed E-state index contributed by atoms with van der Waals surface area (Å²) in [6.07, 6.45) is 4.55. The van der Waals surface area contributed by atoms with Crippen LogP contribution in [-0.4, -0.2) is 5.78 Å². The van der Waals surface area contributed by atoms with Crippen molar-refractivity contribution in [2.24, 2.45) is 5.92 Å². The molecule has 0 aromatic heterocycles. The molecule has 0 aliphatic carbocycles. The highest BCUT2D eigenvalue weighted by molar-refractivity contribution is 5.81. The minimum absolute atomic E-state index is 0.0325. The number of ketones is 1. The van der Waals surface area contributed by atoms with Crippen LogP contribution < -0.4 is 0 Å². The van der Waals surface area contributed by atoms with E-state index in [1.165, 1.54) is 0 Å². The molecule has 0 bridgehead atoms. The Kier molecular flexibility index (Phi) is 5.05. The molecule has 0 saturated carbocycles. The van der Waals surface area contributed by atoms with Gasteiger partial charge in [-0.25, -0.2) is 0 Å². The molecule has 0 heterocycles. The van der Waals surface area contributed by atoms with E-state index in [9.17, 15) is 4.79 Å². The summed E-state index contributed by atoms with van der Waals surface area (Å²) >= 11 is 0. The van der Waals surface area contributed by atoms with Gasteiger partial charge in [0.05, 0.1) is 0 Å². The molecule has 0 radical (unpaired) electrons. The largest absolute Gasteiger partial charge is 0.299 e. The van der Waals surface area contributed by atoms with Gasteiger partial charge in [0.2, 0.25) is 0 Å². The lowest BCUT2D eigenvalue weighted by molar-refractivity contribution is -0.119. The lowest BCUT2D eigenvalue weighted by atomic mass is 9.93. The molecular weight excluding hydrogens is 160 g/mol. The summed E-state index contributed by atoms with van der Waals surface area (Å²) in [6, 6.07) is 0. The summed E-state index contributed by atoms with van der Waals surface area (Å²) in [5.41, 5.74) is 2.04. The fraction of sp³-hybridized carbons (Fsp3) is 0.417. The lowest BCUT2D eigenvalue weighted by Crippen LogP contribution is -2.10. The molecule has 0 fully saturated rings. The SMILES string of the molecule is C=C/C(C)=C/CC(C(=C)C)C(C)=O. The zero-order chi connectivity index (χ0) is 10.4. The Balaban J connectivity index is 4.37. The highest BCUT2D eigenvalue weighted by atomic mass is 16.1. The third kappa shape index (κ3) is 4.46. The number of hydrogen-bond donors (Lipinski definition) is 0. The van der Waals surface area contributed by atoms with Crippen molar-refractivity contribution < 1.29 is 4.79 Å². The first-order chi connectivity index (χ1) is 5.99. The Morgan fingerprint density at radius 2 is 1.92 bits per heavy atom. The topological polar surface area (TPSA) is 17.1 Å². The van der Waals surface area contributed by atoms with E-state index < -0.39 is 0 Å². The molecule has 0 N–H and O–H groups in total. The highest BCUT2D eigenvalue weighted by Crippen LogP contribution is 2.16. The van der Waals surface area contributed by atoms with Crippen LogP contribution in [0.5, 0.6) is 0 Å². The average molecular weight is 178 g/mol. The third-order valence-electron chi connectivity index (χ3n) is 2.08. The van der Waals surface area contributed by atoms with E-state index in [-0.39, 0.29) is 11.7 Å². The predicted molar refractivity (Wildman–Crippen MR) is 57.6 cm³/mol. The Hall–Kier alpha value is -1.11. The summed E-state index contributed by atoms with van der Waals surface area (Å²) in [5, 5.41) is 0. The van der Waals surface area contributed by atoms with Gasteiger partial charge in [-0.1, -0.05) is 36.5 Å². The molecule has 1 atom stereocenters. The van der Waals surface area contributed by atoms with Crippen molar-refractivity contribution in [1.82, 2.24) is 0 Å². The third-order valence-corrected chi connectivity index (χ3v) is 2.08. The molecule has 0 spiro atoms. The van der Waals surface area contributed by atoms with Gasteiger partial charge in [-0.15, -0.1) is 0 Å². The maximum Gasteiger partial charge on any atom is 0.137 e. The number of rotatable bonds is 5. The molecule has 13 heavy (non-hydrogen) atoms. The number of carbonyl (C=O) groups excluding carboxylic acids is 1. The Labute approximate surface area is 80.8 Å². The van der Waals surface area contributed by atoms with E-state index in [2.05, 4.69) is 13.2 Å². The average Bonchev–Trinajstić information content (AvgIpc) is 2.03. The first kappa shape index (κ1) is 11.9. The second-order valence-electron chi connectivity index (χ2n) is 3.40. The van der Waals surface area contributed by atoms with Crippen LogP contribution in [0, 0.1) is 5.92 Å². The standard InChI is InChI=1S/C12H18O/c1-6-10(4)7-8-12(9(2)3)11(5)13/h6-7,12H,1-2,8H2,3-5H3/b10-7+. The summed E-state index contributed by atoms with van der Waals surface area (Å²) in [6.45, 7) is 12.9. The van der Waals surface area contributed by atoms with Gasteiger partial charge in [-0.05, 0) is 27.2 Å². The van der Waals surface area contributed by atoms with Crippen LogP contribution in [0.1, 0.15) is 27.2 Å². The van der Waals surface area contributed by atoms with Gasteiger partial charge in [0, 0.05) is 5.92 Å². The molecule has 1 heteroatoms. The highest BCUT2D eigenvalue weighted by Gasteiger charge is 2.12. The van der Waals surface area contributed by atoms with Crippen LogP contribution >= 0.6 is 0 Å². The molecule has 72 valence electrons. The van der Waals surface area contributed by atoms with E-state index in [0.717, 1.165) is 17.6 Å². The van der Waals surface area contributed by atoms with Gasteiger partial charge in [-0.3, -0.25) is 4.79 Å². The quantitative estimate of drug-likeness (QED) is 0.466. The molecule has 0 amide bonds. The number of carbonyl (C=O) groups is 1. The molecule has 0 aliphatic heterocycles. The van der Waals surface area contributed by atoms with Gasteiger partial charge in [0.1, 0.15) is 5.78 Å². The fourth-order valence-electron chi connectivity index (χ4n) is 1.10. The van der Waals surface area contributed by atoms with Crippen molar-refractivity contribution in [2.75, 3.05) is 0 Å². The van der Waals surface area contributed by atoms with E-state index in [4.69, 9.17) is 0 Å². The minimum atomic E-state index is -0.0325. The van der Waals surface area contributed by atoms with Crippen LogP contribution in [0.2, 0.25) is 0 Å². The summed E-state index contributed by atoms with van der Waals surface area (Å²) in [7, 11) is 0. The van der Waals surface area contributed by atoms with E-state index in [0.29, 0.717) is 0 Å². The van der Waals surface area contributed by atoms with Gasteiger partial charge in [-0.2, -0.15) is 0 Å². The minimum Gasteiger partial charge on any atom is -0.299 e. The van der Waals surface area contributed by atoms with Crippen molar-refractivity contribution in [2.45, 2.75) is 27.2 Å². The maximum atomic E-state index is 11.2. The molecule has 0 saturated heterocycles. The lowest BCUT2D eigenvalue weighted by Gasteiger charge is -2.10. The predicted octanol–water partition coefficient (Wildman–Crippen LogP) is 3.29. The van der Waals surface area contributed by atoms with E-state index in [1.807, 2.05) is 19.9 Å². The molecule has 1 nitrogen and oxygen atoms in total. The van der Waals surface area contributed by atoms with Crippen LogP contribution in [0.15, 0.2) is 36.5 Å². The number of hydrogen-bond acceptors (Lipinski definition) is 1. The smallest absolute Gasteiger partial charge is 0.137 e. The van der Waals surface area contributed by atoms with E-state index in [1.54, 1.807) is 13.0 Å². The van der Waals surface area contributed by atoms with Gasteiger partial charge < -0.3 is 0 Å². The molecular formula is C12H18O. The summed E-state index contributed by atoms with van der Waals surface area (Å²) in [4.78, 5) is 11.2. The van der Waals surface area contributed by atoms with Crippen molar-refractivity contribution >= 4 is 5.78 Å². The van der Waals surface area contributed by atoms with E-state index >= 15 is 0 Å². The zero-order valence-corrected chi connectivity index (χ0v) is 8.76. The number of allylic oxidation sites excluding steroid dienone is 4. The monoisotopic (exact) mass is 178 g/mol. The Morgan fingerprint density at radius 1 is 1.38 bits per heavy atom. The Bertz CT molecular complexity index is 232. The van der Waals surface area contributed by atoms with Crippen molar-refractivity contribution in [3.8, 4) is 0 Å². The maximum absolute atomic E-state index is 11.2. The van der Waals surface area contributed by atoms with Gasteiger partial charge in [0.15, 0.2) is 0 Å². The molecule has 1 unspecified atom stereocenters. The number of Topliss-reactive ketones (excluding diaryl/α,β-unsaturated/α-hetero) is 1. The van der Waals surface area contributed by atoms with Crippen LogP contribution in [0.25, 0.3) is 0 Å². The van der Waals surface area contributed by atoms with Crippen LogP contribution in [0.4, 0.5) is 0 Å². The van der Waals surface area contributed by atoms with Crippen molar-refractivity contribution in [3.63, 3.8) is 0 Å². The summed E-state index contributed by atoms with van der Waals surface area (Å²) in [5.74, 6) is 0.149. The first-order valence-corrected chi connectivity index (χ1v) is 4.44. The molecule has 0 aliphatic rings. The van der Waals surface area contributed by atoms with Crippen LogP contribution in [0.3, 0.4) is 0 Å². The second kappa shape index (κ2) is 5.52. The molecule has 0 aromatic rings. The van der Waals surface area contributed by atoms with Crippen molar-refractivity contribution in [3.05, 3.63) is 36.5 Å². The molecule has 0 rings (SSSR count). The van der Waals surface area contributed by atoms with Crippen LogP contribution in [-0.2, 0) is 4.79 Å². The normalized spacial score (nSPS) is 13.6.